The molecule has 1 aromatic carbocycles. The number of hydrogen-bond acceptors (Lipinski definition) is 3. The lowest BCUT2D eigenvalue weighted by Gasteiger charge is -2.13. The fourth-order valence-corrected chi connectivity index (χ4v) is 2.66. The summed E-state index contributed by atoms with van der Waals surface area (Å²) in [4.78, 5) is 14.0. The predicted molar refractivity (Wildman–Crippen MR) is 90.5 cm³/mol. The van der Waals surface area contributed by atoms with Crippen molar-refractivity contribution in [2.75, 3.05) is 4.90 Å². The Kier molecular flexibility index (Phi) is 3.96. The molecule has 0 saturated carbocycles. The van der Waals surface area contributed by atoms with Crippen molar-refractivity contribution in [3.05, 3.63) is 52.9 Å². The van der Waals surface area contributed by atoms with Gasteiger partial charge in [-0.15, -0.1) is 0 Å². The number of thiocarbonyl (C=S) groups is 1. The van der Waals surface area contributed by atoms with Crippen molar-refractivity contribution in [2.24, 2.45) is 0 Å². The minimum absolute atomic E-state index is 0.224. The van der Waals surface area contributed by atoms with Crippen LogP contribution in [-0.4, -0.2) is 20.8 Å². The lowest BCUT2D eigenvalue weighted by Crippen LogP contribution is -2.30. The molecule has 1 aliphatic rings. The first-order chi connectivity index (χ1) is 10.6. The molecular weight excluding hydrogens is 320 g/mol. The van der Waals surface area contributed by atoms with Crippen LogP contribution in [0.2, 0.25) is 5.02 Å². The molecule has 1 aliphatic heterocycles. The average molecular weight is 333 g/mol. The number of carbonyl (C=O) groups is 1. The predicted octanol–water partition coefficient (Wildman–Crippen LogP) is 2.82. The molecule has 2 aromatic rings. The van der Waals surface area contributed by atoms with E-state index in [0.29, 0.717) is 28.1 Å². The SMILES string of the molecule is CCn1cc(Cl)c(/C=C2/NC(=S)N(c3ccccc3)C2=O)n1. The summed E-state index contributed by atoms with van der Waals surface area (Å²) in [6, 6.07) is 9.25. The van der Waals surface area contributed by atoms with Crippen LogP contribution in [0.4, 0.5) is 5.69 Å². The van der Waals surface area contributed by atoms with Crippen molar-refractivity contribution in [3.63, 3.8) is 0 Å². The molecule has 0 atom stereocenters. The van der Waals surface area contributed by atoms with Crippen LogP contribution in [-0.2, 0) is 11.3 Å². The van der Waals surface area contributed by atoms with Crippen LogP contribution in [0, 0.1) is 0 Å². The summed E-state index contributed by atoms with van der Waals surface area (Å²) in [5, 5.41) is 8.05. The molecule has 1 saturated heterocycles. The van der Waals surface area contributed by atoms with Crippen LogP contribution in [0.1, 0.15) is 12.6 Å². The zero-order valence-corrected chi connectivity index (χ0v) is 13.4. The topological polar surface area (TPSA) is 50.2 Å². The molecule has 1 aromatic heterocycles. The zero-order chi connectivity index (χ0) is 15.7. The smallest absolute Gasteiger partial charge is 0.281 e. The van der Waals surface area contributed by atoms with Crippen LogP contribution in [0.15, 0.2) is 42.2 Å². The third-order valence-electron chi connectivity index (χ3n) is 3.24. The van der Waals surface area contributed by atoms with Crippen molar-refractivity contribution in [1.82, 2.24) is 15.1 Å². The van der Waals surface area contributed by atoms with Gasteiger partial charge in [-0.05, 0) is 37.4 Å². The van der Waals surface area contributed by atoms with Gasteiger partial charge in [0.25, 0.3) is 5.91 Å². The second-order valence-corrected chi connectivity index (χ2v) is 5.48. The van der Waals surface area contributed by atoms with Gasteiger partial charge in [0.2, 0.25) is 0 Å². The summed E-state index contributed by atoms with van der Waals surface area (Å²) in [7, 11) is 0. The van der Waals surface area contributed by atoms with Crippen molar-refractivity contribution in [2.45, 2.75) is 13.5 Å². The van der Waals surface area contributed by atoms with E-state index in [-0.39, 0.29) is 5.91 Å². The number of amides is 1. The molecule has 112 valence electrons. The van der Waals surface area contributed by atoms with E-state index >= 15 is 0 Å². The average Bonchev–Trinajstić information content (AvgIpc) is 3.01. The molecule has 0 radical (unpaired) electrons. The number of para-hydroxylation sites is 1. The van der Waals surface area contributed by atoms with Crippen LogP contribution >= 0.6 is 23.8 Å². The third kappa shape index (κ3) is 2.63. The maximum Gasteiger partial charge on any atom is 0.281 e. The summed E-state index contributed by atoms with van der Waals surface area (Å²) >= 11 is 11.4. The highest BCUT2D eigenvalue weighted by Crippen LogP contribution is 2.23. The Bertz CT molecular complexity index is 769. The molecule has 1 amide bonds. The fraction of sp³-hybridized carbons (Fsp3) is 0.133. The Labute approximate surface area is 138 Å². The number of benzene rings is 1. The zero-order valence-electron chi connectivity index (χ0n) is 11.8. The monoisotopic (exact) mass is 332 g/mol. The van der Waals surface area contributed by atoms with Gasteiger partial charge in [0.1, 0.15) is 11.4 Å². The van der Waals surface area contributed by atoms with Gasteiger partial charge in [-0.3, -0.25) is 14.4 Å². The number of nitrogens with one attached hydrogen (secondary N) is 1. The second kappa shape index (κ2) is 5.90. The van der Waals surface area contributed by atoms with Crippen LogP contribution < -0.4 is 10.2 Å². The number of hydrogen-bond donors (Lipinski definition) is 1. The Hall–Kier alpha value is -2.18. The van der Waals surface area contributed by atoms with E-state index in [1.165, 1.54) is 4.90 Å². The van der Waals surface area contributed by atoms with E-state index in [2.05, 4.69) is 10.4 Å². The largest absolute Gasteiger partial charge is 0.327 e. The van der Waals surface area contributed by atoms with Gasteiger partial charge in [-0.2, -0.15) is 5.10 Å². The number of aromatic nitrogens is 2. The third-order valence-corrected chi connectivity index (χ3v) is 3.82. The van der Waals surface area contributed by atoms with Crippen molar-refractivity contribution < 1.29 is 4.79 Å². The number of rotatable bonds is 3. The van der Waals surface area contributed by atoms with Gasteiger partial charge >= 0.3 is 0 Å². The van der Waals surface area contributed by atoms with Gasteiger partial charge in [0, 0.05) is 12.7 Å². The normalized spacial score (nSPS) is 16.5. The first-order valence-corrected chi connectivity index (χ1v) is 7.54. The Balaban J connectivity index is 1.94. The minimum atomic E-state index is -0.224. The lowest BCUT2D eigenvalue weighted by molar-refractivity contribution is -0.113. The molecule has 1 fully saturated rings. The van der Waals surface area contributed by atoms with E-state index < -0.39 is 0 Å². The molecule has 3 rings (SSSR count). The highest BCUT2D eigenvalue weighted by molar-refractivity contribution is 7.80. The summed E-state index contributed by atoms with van der Waals surface area (Å²) < 4.78 is 1.71. The van der Waals surface area contributed by atoms with Gasteiger partial charge in [-0.1, -0.05) is 29.8 Å². The van der Waals surface area contributed by atoms with E-state index in [4.69, 9.17) is 23.8 Å². The molecule has 5 nitrogen and oxygen atoms in total. The van der Waals surface area contributed by atoms with E-state index in [1.54, 1.807) is 17.0 Å². The summed E-state index contributed by atoms with van der Waals surface area (Å²) in [6.45, 7) is 2.67. The van der Waals surface area contributed by atoms with Gasteiger partial charge in [-0.25, -0.2) is 0 Å². The van der Waals surface area contributed by atoms with E-state index in [0.717, 1.165) is 5.69 Å². The molecule has 7 heteroatoms. The lowest BCUT2D eigenvalue weighted by atomic mass is 10.2. The van der Waals surface area contributed by atoms with E-state index in [9.17, 15) is 4.79 Å². The molecular formula is C15H13ClN4OS. The number of anilines is 1. The molecule has 1 N–H and O–H groups in total. The maximum absolute atomic E-state index is 12.5. The van der Waals surface area contributed by atoms with Crippen LogP contribution in [0.25, 0.3) is 6.08 Å². The van der Waals surface area contributed by atoms with Crippen molar-refractivity contribution >= 4 is 46.6 Å². The van der Waals surface area contributed by atoms with Gasteiger partial charge in [0.05, 0.1) is 10.7 Å². The number of aryl methyl sites for hydroxylation is 1. The van der Waals surface area contributed by atoms with Crippen LogP contribution in [0.5, 0.6) is 0 Å². The number of nitrogens with zero attached hydrogens (tertiary/aromatic N) is 3. The summed E-state index contributed by atoms with van der Waals surface area (Å²) in [5.74, 6) is -0.224. The van der Waals surface area contributed by atoms with Crippen molar-refractivity contribution in [1.29, 1.82) is 0 Å². The first-order valence-electron chi connectivity index (χ1n) is 6.75. The highest BCUT2D eigenvalue weighted by atomic mass is 35.5. The molecule has 0 spiro atoms. The Morgan fingerprint density at radius 2 is 2.09 bits per heavy atom. The summed E-state index contributed by atoms with van der Waals surface area (Å²) in [6.07, 6.45) is 3.34. The quantitative estimate of drug-likeness (QED) is 0.693. The van der Waals surface area contributed by atoms with Crippen molar-refractivity contribution in [3.8, 4) is 0 Å². The molecule has 0 aliphatic carbocycles. The minimum Gasteiger partial charge on any atom is -0.327 e. The van der Waals surface area contributed by atoms with Gasteiger partial charge < -0.3 is 5.32 Å². The highest BCUT2D eigenvalue weighted by Gasteiger charge is 2.32. The summed E-state index contributed by atoms with van der Waals surface area (Å²) in [5.41, 5.74) is 1.62. The first kappa shape index (κ1) is 14.7. The Morgan fingerprint density at radius 1 is 1.36 bits per heavy atom. The molecule has 22 heavy (non-hydrogen) atoms. The molecule has 0 bridgehead atoms. The van der Waals surface area contributed by atoms with Gasteiger partial charge in [0.15, 0.2) is 5.11 Å². The van der Waals surface area contributed by atoms with E-state index in [1.807, 2.05) is 37.3 Å². The standard InChI is InChI=1S/C15H13ClN4OS/c1-2-19-9-11(16)12(18-19)8-13-14(21)20(15(22)17-13)10-6-4-3-5-7-10/h3-9H,2H2,1H3,(H,17,22)/b13-8+. The second-order valence-electron chi connectivity index (χ2n) is 4.68. The molecule has 0 unspecified atom stereocenters. The maximum atomic E-state index is 12.5. The molecule has 2 heterocycles. The number of carbonyl (C=O) groups excluding carboxylic acids is 1. The fourth-order valence-electron chi connectivity index (χ4n) is 2.16. The Morgan fingerprint density at radius 3 is 2.73 bits per heavy atom. The number of halogens is 1. The van der Waals surface area contributed by atoms with Crippen LogP contribution in [0.3, 0.4) is 0 Å².